The van der Waals surface area contributed by atoms with Gasteiger partial charge in [0.1, 0.15) is 5.75 Å². The van der Waals surface area contributed by atoms with E-state index in [2.05, 4.69) is 9.72 Å². The number of ether oxygens (including phenoxy) is 1. The number of hydrogen-bond donors (Lipinski definition) is 1. The van der Waals surface area contributed by atoms with E-state index >= 15 is 0 Å². The van der Waals surface area contributed by atoms with Crippen LogP contribution in [0.1, 0.15) is 0 Å². The quantitative estimate of drug-likeness (QED) is 0.900. The second kappa shape index (κ2) is 4.44. The molecule has 84 valence electrons. The summed E-state index contributed by atoms with van der Waals surface area (Å²) < 4.78 is 28.0. The molecule has 0 bridgehead atoms. The highest BCUT2D eigenvalue weighted by molar-refractivity contribution is 7.18. The van der Waals surface area contributed by atoms with Crippen LogP contribution in [0.5, 0.6) is 5.75 Å². The molecule has 6 heteroatoms. The van der Waals surface area contributed by atoms with Crippen molar-refractivity contribution in [1.82, 2.24) is 4.98 Å². The Morgan fingerprint density at radius 1 is 1.25 bits per heavy atom. The van der Waals surface area contributed by atoms with Gasteiger partial charge in [-0.05, 0) is 29.8 Å². The number of anilines is 1. The van der Waals surface area contributed by atoms with Gasteiger partial charge in [-0.2, -0.15) is 8.78 Å². The van der Waals surface area contributed by atoms with Crippen LogP contribution in [-0.2, 0) is 0 Å². The van der Waals surface area contributed by atoms with Crippen molar-refractivity contribution in [1.29, 1.82) is 0 Å². The summed E-state index contributed by atoms with van der Waals surface area (Å²) in [5.41, 5.74) is 6.37. The normalized spacial score (nSPS) is 10.7. The lowest BCUT2D eigenvalue weighted by atomic mass is 10.2. The number of alkyl halides is 2. The minimum absolute atomic E-state index is 0.135. The van der Waals surface area contributed by atoms with Crippen LogP contribution in [0.4, 0.5) is 13.9 Å². The molecule has 0 saturated heterocycles. The molecule has 0 unspecified atom stereocenters. The predicted octanol–water partition coefficient (Wildman–Crippen LogP) is 2.99. The maximum Gasteiger partial charge on any atom is 0.387 e. The van der Waals surface area contributed by atoms with E-state index in [9.17, 15) is 8.78 Å². The second-order valence-corrected chi connectivity index (χ2v) is 4.03. The number of nitrogens with zero attached hydrogens (tertiary/aromatic N) is 1. The summed E-state index contributed by atoms with van der Waals surface area (Å²) in [7, 11) is 0. The molecule has 3 nitrogen and oxygen atoms in total. The number of benzene rings is 1. The van der Waals surface area contributed by atoms with Crippen LogP contribution >= 0.6 is 11.3 Å². The summed E-state index contributed by atoms with van der Waals surface area (Å²) in [4.78, 5) is 4.80. The number of thiazole rings is 1. The number of hydrogen-bond acceptors (Lipinski definition) is 4. The van der Waals surface area contributed by atoms with Gasteiger partial charge in [-0.3, -0.25) is 0 Å². The van der Waals surface area contributed by atoms with Crippen LogP contribution < -0.4 is 10.5 Å². The zero-order valence-corrected chi connectivity index (χ0v) is 8.88. The van der Waals surface area contributed by atoms with Crippen molar-refractivity contribution in [3.05, 3.63) is 30.5 Å². The first kappa shape index (κ1) is 10.8. The van der Waals surface area contributed by atoms with E-state index in [1.54, 1.807) is 18.3 Å². The average molecular weight is 242 g/mol. The molecule has 1 aromatic heterocycles. The van der Waals surface area contributed by atoms with Crippen LogP contribution in [0.25, 0.3) is 10.4 Å². The van der Waals surface area contributed by atoms with Crippen LogP contribution in [0.15, 0.2) is 30.5 Å². The van der Waals surface area contributed by atoms with Crippen molar-refractivity contribution >= 4 is 16.5 Å². The zero-order chi connectivity index (χ0) is 11.5. The maximum atomic E-state index is 11.9. The van der Waals surface area contributed by atoms with Crippen molar-refractivity contribution in [2.24, 2.45) is 0 Å². The highest BCUT2D eigenvalue weighted by Crippen LogP contribution is 2.28. The fourth-order valence-electron chi connectivity index (χ4n) is 1.22. The number of rotatable bonds is 3. The van der Waals surface area contributed by atoms with Crippen LogP contribution in [0.3, 0.4) is 0 Å². The molecular weight excluding hydrogens is 234 g/mol. The molecule has 2 aromatic rings. The zero-order valence-electron chi connectivity index (χ0n) is 8.06. The third-order valence-corrected chi connectivity index (χ3v) is 2.76. The summed E-state index contributed by atoms with van der Waals surface area (Å²) in [6.45, 7) is -2.80. The molecule has 2 N–H and O–H groups in total. The maximum absolute atomic E-state index is 11.9. The summed E-state index contributed by atoms with van der Waals surface area (Å²) in [6, 6.07) is 6.34. The highest BCUT2D eigenvalue weighted by Gasteiger charge is 2.05. The highest BCUT2D eigenvalue weighted by atomic mass is 32.1. The molecule has 0 radical (unpaired) electrons. The Labute approximate surface area is 94.5 Å². The van der Waals surface area contributed by atoms with E-state index in [1.807, 2.05) is 0 Å². The third kappa shape index (κ3) is 2.46. The predicted molar refractivity (Wildman–Crippen MR) is 58.6 cm³/mol. The SMILES string of the molecule is Nc1ncc(-c2ccc(OC(F)F)cc2)s1. The Morgan fingerprint density at radius 2 is 1.94 bits per heavy atom. The summed E-state index contributed by atoms with van der Waals surface area (Å²) in [6.07, 6.45) is 1.64. The van der Waals surface area contributed by atoms with Gasteiger partial charge in [0, 0.05) is 6.20 Å². The Morgan fingerprint density at radius 3 is 2.44 bits per heavy atom. The first-order valence-corrected chi connectivity index (χ1v) is 5.23. The lowest BCUT2D eigenvalue weighted by molar-refractivity contribution is -0.0498. The molecule has 0 aliphatic carbocycles. The average Bonchev–Trinajstić information content (AvgIpc) is 2.65. The van der Waals surface area contributed by atoms with E-state index in [1.165, 1.54) is 23.5 Å². The Kier molecular flexibility index (Phi) is 3.00. The lowest BCUT2D eigenvalue weighted by Gasteiger charge is -2.04. The molecule has 0 amide bonds. The van der Waals surface area contributed by atoms with Crippen LogP contribution in [-0.4, -0.2) is 11.6 Å². The van der Waals surface area contributed by atoms with Crippen molar-refractivity contribution in [2.45, 2.75) is 6.61 Å². The summed E-state index contributed by atoms with van der Waals surface area (Å²) in [5, 5.41) is 0.475. The van der Waals surface area contributed by atoms with Crippen molar-refractivity contribution in [2.75, 3.05) is 5.73 Å². The number of halogens is 2. The molecule has 0 fully saturated rings. The van der Waals surface area contributed by atoms with Gasteiger partial charge in [-0.25, -0.2) is 4.98 Å². The van der Waals surface area contributed by atoms with E-state index in [4.69, 9.17) is 5.73 Å². The Bertz CT molecular complexity index is 470. The van der Waals surface area contributed by atoms with Gasteiger partial charge in [-0.1, -0.05) is 11.3 Å². The number of nitrogens with two attached hydrogens (primary N) is 1. The molecule has 0 saturated carbocycles. The van der Waals surface area contributed by atoms with E-state index in [0.29, 0.717) is 5.13 Å². The first-order chi connectivity index (χ1) is 7.65. The molecule has 0 aliphatic heterocycles. The van der Waals surface area contributed by atoms with Gasteiger partial charge in [0.15, 0.2) is 5.13 Å². The fraction of sp³-hybridized carbons (Fsp3) is 0.100. The molecule has 16 heavy (non-hydrogen) atoms. The monoisotopic (exact) mass is 242 g/mol. The van der Waals surface area contributed by atoms with E-state index < -0.39 is 6.61 Å². The number of aromatic nitrogens is 1. The van der Waals surface area contributed by atoms with Gasteiger partial charge < -0.3 is 10.5 Å². The molecule has 1 aromatic carbocycles. The molecule has 0 spiro atoms. The lowest BCUT2D eigenvalue weighted by Crippen LogP contribution is -2.01. The van der Waals surface area contributed by atoms with Gasteiger partial charge in [0.05, 0.1) is 4.88 Å². The second-order valence-electron chi connectivity index (χ2n) is 2.97. The largest absolute Gasteiger partial charge is 0.435 e. The van der Waals surface area contributed by atoms with E-state index in [-0.39, 0.29) is 5.75 Å². The molecule has 1 heterocycles. The minimum Gasteiger partial charge on any atom is -0.435 e. The van der Waals surface area contributed by atoms with Crippen molar-refractivity contribution in [3.63, 3.8) is 0 Å². The minimum atomic E-state index is -2.80. The Balaban J connectivity index is 2.19. The topological polar surface area (TPSA) is 48.1 Å². The van der Waals surface area contributed by atoms with Crippen molar-refractivity contribution in [3.8, 4) is 16.2 Å². The van der Waals surface area contributed by atoms with Gasteiger partial charge >= 0.3 is 6.61 Å². The van der Waals surface area contributed by atoms with Gasteiger partial charge in [-0.15, -0.1) is 0 Å². The number of nitrogen functional groups attached to an aromatic ring is 1. The van der Waals surface area contributed by atoms with Gasteiger partial charge in [0.2, 0.25) is 0 Å². The van der Waals surface area contributed by atoms with E-state index in [0.717, 1.165) is 10.4 Å². The van der Waals surface area contributed by atoms with Crippen molar-refractivity contribution < 1.29 is 13.5 Å². The fourth-order valence-corrected chi connectivity index (χ4v) is 1.91. The molecular formula is C10H8F2N2OS. The Hall–Kier alpha value is -1.69. The molecule has 2 rings (SSSR count). The standard InChI is InChI=1S/C10H8F2N2OS/c11-9(12)15-7-3-1-6(2-4-7)8-5-14-10(13)16-8/h1-5,9H,(H2,13,14). The smallest absolute Gasteiger partial charge is 0.387 e. The summed E-state index contributed by atoms with van der Waals surface area (Å²) >= 11 is 1.34. The molecule has 0 aliphatic rings. The molecule has 0 atom stereocenters. The third-order valence-electron chi connectivity index (χ3n) is 1.89. The van der Waals surface area contributed by atoms with Crippen LogP contribution in [0, 0.1) is 0 Å². The summed E-state index contributed by atoms with van der Waals surface area (Å²) in [5.74, 6) is 0.135. The van der Waals surface area contributed by atoms with Gasteiger partial charge in [0.25, 0.3) is 0 Å². The van der Waals surface area contributed by atoms with Crippen LogP contribution in [0.2, 0.25) is 0 Å². The first-order valence-electron chi connectivity index (χ1n) is 4.42.